The molecule has 0 atom stereocenters. The first-order valence-electron chi connectivity index (χ1n) is 7.86. The van der Waals surface area contributed by atoms with E-state index in [0.717, 1.165) is 16.7 Å². The highest BCUT2D eigenvalue weighted by atomic mass is 16.5. The molecule has 0 spiro atoms. The molecule has 6 heteroatoms. The Hall–Kier alpha value is -2.63. The van der Waals surface area contributed by atoms with Crippen molar-refractivity contribution in [3.8, 4) is 0 Å². The van der Waals surface area contributed by atoms with Crippen LogP contribution in [0.1, 0.15) is 23.1 Å². The minimum atomic E-state index is -0.418. The summed E-state index contributed by atoms with van der Waals surface area (Å²) in [5, 5.41) is 4.10. The van der Waals surface area contributed by atoms with Crippen LogP contribution in [-0.4, -0.2) is 40.2 Å². The number of ether oxygens (including phenoxy) is 1. The molecule has 0 aliphatic rings. The first-order chi connectivity index (χ1) is 11.5. The molecule has 1 heterocycles. The van der Waals surface area contributed by atoms with Gasteiger partial charge in [-0.05, 0) is 30.0 Å². The van der Waals surface area contributed by atoms with Crippen LogP contribution in [0.25, 0.3) is 0 Å². The Morgan fingerprint density at radius 3 is 2.67 bits per heavy atom. The van der Waals surface area contributed by atoms with Crippen molar-refractivity contribution in [1.82, 2.24) is 14.7 Å². The van der Waals surface area contributed by atoms with Crippen LogP contribution in [0.4, 0.5) is 0 Å². The second kappa shape index (κ2) is 8.29. The van der Waals surface area contributed by atoms with E-state index in [1.165, 1.54) is 7.11 Å². The predicted molar refractivity (Wildman–Crippen MR) is 90.1 cm³/mol. The molecule has 1 aromatic heterocycles. The van der Waals surface area contributed by atoms with E-state index in [1.807, 2.05) is 44.4 Å². The van der Waals surface area contributed by atoms with Crippen LogP contribution in [-0.2, 0) is 34.3 Å². The zero-order valence-electron chi connectivity index (χ0n) is 14.4. The van der Waals surface area contributed by atoms with Crippen LogP contribution in [0.3, 0.4) is 0 Å². The van der Waals surface area contributed by atoms with Gasteiger partial charge in [0.15, 0.2) is 0 Å². The van der Waals surface area contributed by atoms with Gasteiger partial charge >= 0.3 is 5.97 Å². The van der Waals surface area contributed by atoms with Crippen LogP contribution >= 0.6 is 0 Å². The number of carbonyl (C=O) groups excluding carboxylic acids is 2. The maximum absolute atomic E-state index is 12.6. The minimum absolute atomic E-state index is 0.0449. The molecular weight excluding hydrogens is 306 g/mol. The summed E-state index contributed by atoms with van der Waals surface area (Å²) in [7, 11) is 3.17. The zero-order valence-corrected chi connectivity index (χ0v) is 14.4. The molecule has 0 radical (unpaired) electrons. The SMILES string of the molecule is COC(=O)CN(Cc1ccccc1C)C(=O)CCc1cnn(C)c1. The average molecular weight is 329 g/mol. The second-order valence-electron chi connectivity index (χ2n) is 5.77. The Balaban J connectivity index is 2.05. The maximum Gasteiger partial charge on any atom is 0.325 e. The van der Waals surface area contributed by atoms with Crippen molar-refractivity contribution in [3.05, 3.63) is 53.3 Å². The van der Waals surface area contributed by atoms with Gasteiger partial charge in [0.25, 0.3) is 0 Å². The van der Waals surface area contributed by atoms with E-state index in [0.29, 0.717) is 19.4 Å². The van der Waals surface area contributed by atoms with Gasteiger partial charge < -0.3 is 9.64 Å². The summed E-state index contributed by atoms with van der Waals surface area (Å²) in [6, 6.07) is 7.84. The molecule has 0 aliphatic carbocycles. The van der Waals surface area contributed by atoms with E-state index in [2.05, 4.69) is 5.10 Å². The van der Waals surface area contributed by atoms with Gasteiger partial charge in [-0.1, -0.05) is 24.3 Å². The number of carbonyl (C=O) groups is 2. The number of hydrogen-bond donors (Lipinski definition) is 0. The third kappa shape index (κ3) is 4.94. The molecule has 0 bridgehead atoms. The van der Waals surface area contributed by atoms with Crippen molar-refractivity contribution in [2.24, 2.45) is 7.05 Å². The number of esters is 1. The molecule has 2 aromatic rings. The van der Waals surface area contributed by atoms with E-state index < -0.39 is 5.97 Å². The zero-order chi connectivity index (χ0) is 17.5. The highest BCUT2D eigenvalue weighted by Gasteiger charge is 2.18. The summed E-state index contributed by atoms with van der Waals surface area (Å²) in [5.41, 5.74) is 3.11. The molecule has 0 saturated carbocycles. The highest BCUT2D eigenvalue weighted by molar-refractivity contribution is 5.82. The van der Waals surface area contributed by atoms with Crippen molar-refractivity contribution in [2.75, 3.05) is 13.7 Å². The van der Waals surface area contributed by atoms with Crippen LogP contribution in [0.2, 0.25) is 0 Å². The minimum Gasteiger partial charge on any atom is -0.468 e. The van der Waals surface area contributed by atoms with Gasteiger partial charge in [0.2, 0.25) is 5.91 Å². The van der Waals surface area contributed by atoms with Gasteiger partial charge in [-0.15, -0.1) is 0 Å². The van der Waals surface area contributed by atoms with Crippen molar-refractivity contribution in [3.63, 3.8) is 0 Å². The molecule has 0 unspecified atom stereocenters. The predicted octanol–water partition coefficient (Wildman–Crippen LogP) is 1.86. The summed E-state index contributed by atoms with van der Waals surface area (Å²) in [6.45, 7) is 2.34. The largest absolute Gasteiger partial charge is 0.468 e. The lowest BCUT2D eigenvalue weighted by atomic mass is 10.1. The first-order valence-corrected chi connectivity index (χ1v) is 7.86. The topological polar surface area (TPSA) is 64.4 Å². The Morgan fingerprint density at radius 1 is 1.29 bits per heavy atom. The molecule has 0 N–H and O–H groups in total. The molecule has 1 amide bonds. The van der Waals surface area contributed by atoms with Gasteiger partial charge in [0.05, 0.1) is 13.3 Å². The summed E-state index contributed by atoms with van der Waals surface area (Å²) in [4.78, 5) is 25.8. The number of nitrogens with zero attached hydrogens (tertiary/aromatic N) is 3. The molecule has 0 aliphatic heterocycles. The van der Waals surface area contributed by atoms with E-state index in [1.54, 1.807) is 15.8 Å². The molecule has 0 fully saturated rings. The van der Waals surface area contributed by atoms with E-state index in [9.17, 15) is 9.59 Å². The Bertz CT molecular complexity index is 709. The third-order valence-corrected chi connectivity index (χ3v) is 3.91. The van der Waals surface area contributed by atoms with Crippen molar-refractivity contribution in [2.45, 2.75) is 26.3 Å². The number of hydrogen-bond acceptors (Lipinski definition) is 4. The third-order valence-electron chi connectivity index (χ3n) is 3.91. The molecule has 2 rings (SSSR count). The van der Waals surface area contributed by atoms with Crippen LogP contribution < -0.4 is 0 Å². The Kier molecular flexibility index (Phi) is 6.12. The fourth-order valence-corrected chi connectivity index (χ4v) is 2.46. The lowest BCUT2D eigenvalue weighted by Gasteiger charge is -2.22. The van der Waals surface area contributed by atoms with Crippen molar-refractivity contribution >= 4 is 11.9 Å². The fourth-order valence-electron chi connectivity index (χ4n) is 2.46. The molecule has 24 heavy (non-hydrogen) atoms. The molecular formula is C18H23N3O3. The smallest absolute Gasteiger partial charge is 0.325 e. The summed E-state index contributed by atoms with van der Waals surface area (Å²) >= 11 is 0. The molecule has 0 saturated heterocycles. The van der Waals surface area contributed by atoms with Crippen molar-refractivity contribution < 1.29 is 14.3 Å². The molecule has 1 aromatic carbocycles. The summed E-state index contributed by atoms with van der Waals surface area (Å²) in [6.07, 6.45) is 4.56. The number of benzene rings is 1. The standard InChI is InChI=1S/C18H23N3O3/c1-14-6-4-5-7-16(14)12-21(13-18(23)24-3)17(22)9-8-15-10-19-20(2)11-15/h4-7,10-11H,8-9,12-13H2,1-3H3. The summed E-state index contributed by atoms with van der Waals surface area (Å²) in [5.74, 6) is -0.495. The lowest BCUT2D eigenvalue weighted by Crippen LogP contribution is -2.36. The quantitative estimate of drug-likeness (QED) is 0.727. The maximum atomic E-state index is 12.6. The Morgan fingerprint density at radius 2 is 2.04 bits per heavy atom. The molecule has 6 nitrogen and oxygen atoms in total. The van der Waals surface area contributed by atoms with Crippen LogP contribution in [0.15, 0.2) is 36.7 Å². The van der Waals surface area contributed by atoms with E-state index in [4.69, 9.17) is 4.74 Å². The number of amides is 1. The van der Waals surface area contributed by atoms with Crippen LogP contribution in [0.5, 0.6) is 0 Å². The van der Waals surface area contributed by atoms with Crippen molar-refractivity contribution in [1.29, 1.82) is 0 Å². The number of rotatable bonds is 7. The first kappa shape index (κ1) is 17.7. The van der Waals surface area contributed by atoms with Crippen LogP contribution in [0, 0.1) is 6.92 Å². The molecule has 128 valence electrons. The number of aromatic nitrogens is 2. The van der Waals surface area contributed by atoms with Gasteiger partial charge in [-0.3, -0.25) is 14.3 Å². The monoisotopic (exact) mass is 329 g/mol. The highest BCUT2D eigenvalue weighted by Crippen LogP contribution is 2.12. The fraction of sp³-hybridized carbons (Fsp3) is 0.389. The lowest BCUT2D eigenvalue weighted by molar-refractivity contribution is -0.147. The number of aryl methyl sites for hydroxylation is 3. The van der Waals surface area contributed by atoms with Gasteiger partial charge in [0, 0.05) is 26.2 Å². The van der Waals surface area contributed by atoms with Gasteiger partial charge in [-0.25, -0.2) is 0 Å². The normalized spacial score (nSPS) is 10.5. The van der Waals surface area contributed by atoms with Gasteiger partial charge in [-0.2, -0.15) is 5.10 Å². The van der Waals surface area contributed by atoms with E-state index >= 15 is 0 Å². The Labute approximate surface area is 142 Å². The van der Waals surface area contributed by atoms with E-state index in [-0.39, 0.29) is 12.5 Å². The summed E-state index contributed by atoms with van der Waals surface area (Å²) < 4.78 is 6.43. The number of methoxy groups -OCH3 is 1. The van der Waals surface area contributed by atoms with Gasteiger partial charge in [0.1, 0.15) is 6.54 Å². The average Bonchev–Trinajstić information content (AvgIpc) is 2.99. The second-order valence-corrected chi connectivity index (χ2v) is 5.77.